The first-order chi connectivity index (χ1) is 11.0. The SMILES string of the molecule is Cc1cccc(CN2CC3CC3(NS(=O)(=O)c3cccs3)C2)n1. The van der Waals surface area contributed by atoms with E-state index < -0.39 is 10.0 Å². The van der Waals surface area contributed by atoms with Crippen LogP contribution in [0.15, 0.2) is 39.9 Å². The van der Waals surface area contributed by atoms with Gasteiger partial charge in [-0.05, 0) is 42.8 Å². The molecule has 1 aliphatic carbocycles. The fraction of sp³-hybridized carbons (Fsp3) is 0.438. The zero-order chi connectivity index (χ0) is 16.1. The molecule has 0 amide bonds. The van der Waals surface area contributed by atoms with Crippen molar-refractivity contribution in [3.05, 3.63) is 47.1 Å². The smallest absolute Gasteiger partial charge is 0.250 e. The summed E-state index contributed by atoms with van der Waals surface area (Å²) in [5.74, 6) is 0.419. The van der Waals surface area contributed by atoms with Crippen molar-refractivity contribution in [3.63, 3.8) is 0 Å². The van der Waals surface area contributed by atoms with E-state index in [1.54, 1.807) is 17.5 Å². The Kier molecular flexibility index (Phi) is 3.57. The lowest BCUT2D eigenvalue weighted by Crippen LogP contribution is -2.41. The topological polar surface area (TPSA) is 62.3 Å². The van der Waals surface area contributed by atoms with E-state index in [1.165, 1.54) is 11.3 Å². The van der Waals surface area contributed by atoms with E-state index in [2.05, 4.69) is 14.6 Å². The third kappa shape index (κ3) is 2.94. The van der Waals surface area contributed by atoms with Crippen LogP contribution >= 0.6 is 11.3 Å². The number of rotatable bonds is 5. The second-order valence-electron chi connectivity index (χ2n) is 6.53. The van der Waals surface area contributed by atoms with E-state index in [4.69, 9.17) is 0 Å². The number of nitrogens with one attached hydrogen (secondary N) is 1. The maximum absolute atomic E-state index is 12.5. The number of hydrogen-bond acceptors (Lipinski definition) is 5. The molecule has 2 aromatic heterocycles. The van der Waals surface area contributed by atoms with Gasteiger partial charge in [0, 0.05) is 25.3 Å². The van der Waals surface area contributed by atoms with Crippen molar-refractivity contribution in [2.24, 2.45) is 5.92 Å². The Labute approximate surface area is 140 Å². The number of fused-ring (bicyclic) bond motifs is 1. The first kappa shape index (κ1) is 15.3. The molecule has 2 aliphatic rings. The van der Waals surface area contributed by atoms with Crippen LogP contribution in [-0.4, -0.2) is 36.9 Å². The van der Waals surface area contributed by atoms with E-state index in [-0.39, 0.29) is 5.54 Å². The van der Waals surface area contributed by atoms with Gasteiger partial charge >= 0.3 is 0 Å². The van der Waals surface area contributed by atoms with E-state index in [1.807, 2.05) is 25.1 Å². The van der Waals surface area contributed by atoms with Gasteiger partial charge in [-0.3, -0.25) is 9.88 Å². The Morgan fingerprint density at radius 1 is 1.39 bits per heavy atom. The van der Waals surface area contributed by atoms with E-state index in [0.29, 0.717) is 10.1 Å². The highest BCUT2D eigenvalue weighted by atomic mass is 32.2. The Morgan fingerprint density at radius 3 is 3.00 bits per heavy atom. The monoisotopic (exact) mass is 349 g/mol. The number of nitrogens with zero attached hydrogens (tertiary/aromatic N) is 2. The number of pyridine rings is 1. The van der Waals surface area contributed by atoms with Gasteiger partial charge in [0.15, 0.2) is 0 Å². The van der Waals surface area contributed by atoms with Gasteiger partial charge in [0.25, 0.3) is 10.0 Å². The summed E-state index contributed by atoms with van der Waals surface area (Å²) in [5.41, 5.74) is 1.79. The normalized spacial score (nSPS) is 27.1. The van der Waals surface area contributed by atoms with E-state index >= 15 is 0 Å². The molecule has 5 nitrogen and oxygen atoms in total. The number of hydrogen-bond donors (Lipinski definition) is 1. The fourth-order valence-corrected chi connectivity index (χ4v) is 5.97. The first-order valence-electron chi connectivity index (χ1n) is 7.69. The molecule has 23 heavy (non-hydrogen) atoms. The van der Waals surface area contributed by atoms with Crippen LogP contribution in [0.3, 0.4) is 0 Å². The molecule has 1 saturated carbocycles. The van der Waals surface area contributed by atoms with Gasteiger partial charge < -0.3 is 0 Å². The average Bonchev–Trinajstić information content (AvgIpc) is 2.89. The van der Waals surface area contributed by atoms with E-state index in [9.17, 15) is 8.42 Å². The zero-order valence-corrected chi connectivity index (χ0v) is 14.5. The summed E-state index contributed by atoms with van der Waals surface area (Å²) in [6.07, 6.45) is 0.940. The van der Waals surface area contributed by atoms with E-state index in [0.717, 1.165) is 37.4 Å². The largest absolute Gasteiger partial charge is 0.295 e. The fourth-order valence-electron chi connectivity index (χ4n) is 3.52. The third-order valence-electron chi connectivity index (χ3n) is 4.65. The van der Waals surface area contributed by atoms with Crippen molar-refractivity contribution < 1.29 is 8.42 Å². The second-order valence-corrected chi connectivity index (χ2v) is 9.39. The Bertz CT molecular complexity index is 820. The Balaban J connectivity index is 1.44. The molecule has 0 bridgehead atoms. The summed E-state index contributed by atoms with van der Waals surface area (Å²) in [5, 5.41) is 1.79. The lowest BCUT2D eigenvalue weighted by Gasteiger charge is -2.21. The minimum atomic E-state index is -3.39. The second kappa shape index (κ2) is 5.37. The number of piperidine rings is 1. The summed E-state index contributed by atoms with van der Waals surface area (Å²) in [4.78, 5) is 6.83. The quantitative estimate of drug-likeness (QED) is 0.897. The van der Waals surface area contributed by atoms with Crippen molar-refractivity contribution in [2.75, 3.05) is 13.1 Å². The van der Waals surface area contributed by atoms with Gasteiger partial charge in [-0.15, -0.1) is 11.3 Å². The van der Waals surface area contributed by atoms with Gasteiger partial charge in [0.2, 0.25) is 0 Å². The highest BCUT2D eigenvalue weighted by Crippen LogP contribution is 2.50. The van der Waals surface area contributed by atoms with Crippen LogP contribution in [0.4, 0.5) is 0 Å². The highest BCUT2D eigenvalue weighted by molar-refractivity contribution is 7.91. The van der Waals surface area contributed by atoms with Gasteiger partial charge in [0.1, 0.15) is 4.21 Å². The van der Waals surface area contributed by atoms with Crippen LogP contribution < -0.4 is 4.72 Å². The summed E-state index contributed by atoms with van der Waals surface area (Å²) in [7, 11) is -3.39. The van der Waals surface area contributed by atoms with Crippen LogP contribution in [0.5, 0.6) is 0 Å². The van der Waals surface area contributed by atoms with Crippen LogP contribution in [0, 0.1) is 12.8 Å². The van der Waals surface area contributed by atoms with Crippen LogP contribution in [-0.2, 0) is 16.6 Å². The van der Waals surface area contributed by atoms with Crippen LogP contribution in [0.1, 0.15) is 17.8 Å². The Hall–Kier alpha value is -1.28. The van der Waals surface area contributed by atoms with Crippen molar-refractivity contribution in [1.29, 1.82) is 0 Å². The molecule has 0 spiro atoms. The molecule has 2 fully saturated rings. The number of aryl methyl sites for hydroxylation is 1. The molecule has 2 aromatic rings. The number of sulfonamides is 1. The minimum absolute atomic E-state index is 0.271. The molecule has 4 rings (SSSR count). The summed E-state index contributed by atoms with van der Waals surface area (Å²) < 4.78 is 28.3. The molecule has 2 atom stereocenters. The van der Waals surface area contributed by atoms with Crippen molar-refractivity contribution in [3.8, 4) is 0 Å². The predicted octanol–water partition coefficient (Wildman–Crippen LogP) is 2.00. The van der Waals surface area contributed by atoms with Crippen molar-refractivity contribution in [1.82, 2.24) is 14.6 Å². The molecule has 0 aromatic carbocycles. The molecule has 3 heterocycles. The molecule has 2 unspecified atom stereocenters. The molecule has 7 heteroatoms. The number of aromatic nitrogens is 1. The molecular weight excluding hydrogens is 330 g/mol. The van der Waals surface area contributed by atoms with Crippen molar-refractivity contribution >= 4 is 21.4 Å². The highest BCUT2D eigenvalue weighted by Gasteiger charge is 2.61. The molecule has 1 saturated heterocycles. The number of likely N-dealkylation sites (tertiary alicyclic amines) is 1. The van der Waals surface area contributed by atoms with Gasteiger partial charge in [0.05, 0.1) is 11.2 Å². The molecule has 1 aliphatic heterocycles. The van der Waals surface area contributed by atoms with Crippen molar-refractivity contribution in [2.45, 2.75) is 29.6 Å². The molecular formula is C16H19N3O2S2. The lowest BCUT2D eigenvalue weighted by atomic mass is 10.2. The average molecular weight is 349 g/mol. The van der Waals surface area contributed by atoms with Gasteiger partial charge in [-0.1, -0.05) is 12.1 Å². The standard InChI is InChI=1S/C16H19N3O2S2/c1-12-4-2-5-14(17-12)10-19-9-13-8-16(13,11-19)18-23(20,21)15-6-3-7-22-15/h2-7,13,18H,8-11H2,1H3. The third-order valence-corrected chi connectivity index (χ3v) is 7.60. The predicted molar refractivity (Wildman–Crippen MR) is 89.7 cm³/mol. The Morgan fingerprint density at radius 2 is 2.26 bits per heavy atom. The van der Waals surface area contributed by atoms with Crippen LogP contribution in [0.25, 0.3) is 0 Å². The molecule has 122 valence electrons. The summed E-state index contributed by atoms with van der Waals surface area (Å²) in [6, 6.07) is 9.46. The van der Waals surface area contributed by atoms with Gasteiger partial charge in [-0.25, -0.2) is 13.1 Å². The maximum atomic E-state index is 12.5. The van der Waals surface area contributed by atoms with Gasteiger partial charge in [-0.2, -0.15) is 0 Å². The van der Waals surface area contributed by atoms with Crippen LogP contribution in [0.2, 0.25) is 0 Å². The first-order valence-corrected chi connectivity index (χ1v) is 10.1. The zero-order valence-electron chi connectivity index (χ0n) is 12.9. The lowest BCUT2D eigenvalue weighted by molar-refractivity contribution is 0.283. The molecule has 1 N–H and O–H groups in total. The summed E-state index contributed by atoms with van der Waals surface area (Å²) in [6.45, 7) is 4.46. The maximum Gasteiger partial charge on any atom is 0.250 e. The summed E-state index contributed by atoms with van der Waals surface area (Å²) >= 11 is 1.26. The molecule has 0 radical (unpaired) electrons. The minimum Gasteiger partial charge on any atom is -0.295 e. The number of thiophene rings is 1.